The van der Waals surface area contributed by atoms with Gasteiger partial charge in [-0.25, -0.2) is 9.97 Å². The number of amides is 2. The number of benzene rings is 1. The van der Waals surface area contributed by atoms with E-state index in [1.165, 1.54) is 16.7 Å². The number of anilines is 1. The van der Waals surface area contributed by atoms with Gasteiger partial charge < -0.3 is 10.2 Å². The fourth-order valence-corrected chi connectivity index (χ4v) is 3.20. The highest BCUT2D eigenvalue weighted by Crippen LogP contribution is 2.17. The highest BCUT2D eigenvalue weighted by atomic mass is 35.5. The van der Waals surface area contributed by atoms with E-state index in [1.807, 2.05) is 20.1 Å². The summed E-state index contributed by atoms with van der Waals surface area (Å²) in [5.41, 5.74) is 3.41. The number of aryl methyl sites for hydroxylation is 2. The molecule has 0 atom stereocenters. The van der Waals surface area contributed by atoms with Crippen molar-refractivity contribution in [3.05, 3.63) is 46.2 Å². The number of nitrogens with one attached hydrogen (secondary N) is 1. The average Bonchev–Trinajstić information content (AvgIpc) is 2.62. The van der Waals surface area contributed by atoms with Crippen molar-refractivity contribution in [2.75, 3.05) is 25.2 Å². The molecular formula is C19H23ClN4O2S. The minimum atomic E-state index is -0.256. The number of aromatic nitrogens is 2. The highest BCUT2D eigenvalue weighted by molar-refractivity contribution is 7.98. The van der Waals surface area contributed by atoms with Crippen LogP contribution in [-0.2, 0) is 16.0 Å². The van der Waals surface area contributed by atoms with E-state index in [2.05, 4.69) is 15.3 Å². The first-order valence-corrected chi connectivity index (χ1v) is 10.1. The Hall–Kier alpha value is -2.12. The summed E-state index contributed by atoms with van der Waals surface area (Å²) in [6.07, 6.45) is 2.78. The molecule has 0 spiro atoms. The summed E-state index contributed by atoms with van der Waals surface area (Å²) in [4.78, 5) is 34.8. The molecule has 0 aliphatic rings. The molecule has 0 saturated carbocycles. The Labute approximate surface area is 168 Å². The molecular weight excluding hydrogens is 384 g/mol. The molecule has 1 heterocycles. The van der Waals surface area contributed by atoms with E-state index < -0.39 is 0 Å². The summed E-state index contributed by atoms with van der Waals surface area (Å²) >= 11 is 7.32. The lowest BCUT2D eigenvalue weighted by atomic mass is 10.1. The first-order chi connectivity index (χ1) is 12.8. The molecule has 2 aromatic rings. The van der Waals surface area contributed by atoms with Gasteiger partial charge in [0.25, 0.3) is 0 Å². The van der Waals surface area contributed by atoms with Crippen molar-refractivity contribution in [2.24, 2.45) is 0 Å². The Kier molecular flexibility index (Phi) is 7.62. The zero-order valence-corrected chi connectivity index (χ0v) is 17.4. The van der Waals surface area contributed by atoms with Crippen molar-refractivity contribution < 1.29 is 9.59 Å². The van der Waals surface area contributed by atoms with E-state index in [1.54, 1.807) is 31.3 Å². The third kappa shape index (κ3) is 6.22. The monoisotopic (exact) mass is 406 g/mol. The summed E-state index contributed by atoms with van der Waals surface area (Å²) in [5.74, 6) is -0.359. The van der Waals surface area contributed by atoms with Crippen molar-refractivity contribution in [2.45, 2.75) is 31.8 Å². The van der Waals surface area contributed by atoms with Gasteiger partial charge in [-0.3, -0.25) is 9.59 Å². The summed E-state index contributed by atoms with van der Waals surface area (Å²) in [7, 11) is 1.62. The van der Waals surface area contributed by atoms with Gasteiger partial charge in [-0.1, -0.05) is 23.4 Å². The van der Waals surface area contributed by atoms with E-state index in [9.17, 15) is 9.59 Å². The molecule has 0 aliphatic heterocycles. The lowest BCUT2D eigenvalue weighted by Crippen LogP contribution is -2.35. The molecule has 0 aliphatic carbocycles. The molecule has 2 amide bonds. The van der Waals surface area contributed by atoms with Gasteiger partial charge in [0.2, 0.25) is 11.8 Å². The highest BCUT2D eigenvalue weighted by Gasteiger charge is 2.15. The number of hydrogen-bond donors (Lipinski definition) is 1. The second-order valence-corrected chi connectivity index (χ2v) is 7.37. The van der Waals surface area contributed by atoms with E-state index in [4.69, 9.17) is 11.6 Å². The van der Waals surface area contributed by atoms with E-state index in [0.29, 0.717) is 23.6 Å². The Morgan fingerprint density at radius 1 is 1.15 bits per heavy atom. The maximum absolute atomic E-state index is 12.4. The van der Waals surface area contributed by atoms with Crippen LogP contribution in [0.4, 0.5) is 5.69 Å². The molecule has 0 bridgehead atoms. The maximum atomic E-state index is 12.4. The Morgan fingerprint density at radius 2 is 1.74 bits per heavy atom. The third-order valence-electron chi connectivity index (χ3n) is 4.11. The van der Waals surface area contributed by atoms with Crippen molar-refractivity contribution in [3.8, 4) is 0 Å². The number of halogens is 1. The van der Waals surface area contributed by atoms with Crippen molar-refractivity contribution in [1.29, 1.82) is 0 Å². The van der Waals surface area contributed by atoms with Crippen LogP contribution < -0.4 is 5.32 Å². The van der Waals surface area contributed by atoms with Crippen LogP contribution in [0, 0.1) is 13.8 Å². The van der Waals surface area contributed by atoms with E-state index in [0.717, 1.165) is 22.1 Å². The van der Waals surface area contributed by atoms with Crippen LogP contribution in [0.25, 0.3) is 0 Å². The Balaban J connectivity index is 1.88. The van der Waals surface area contributed by atoms with E-state index in [-0.39, 0.29) is 18.4 Å². The van der Waals surface area contributed by atoms with Crippen LogP contribution in [0.3, 0.4) is 0 Å². The molecule has 2 rings (SSSR count). The molecule has 6 nitrogen and oxygen atoms in total. The summed E-state index contributed by atoms with van der Waals surface area (Å²) in [6, 6.07) is 6.82. The first kappa shape index (κ1) is 21.2. The van der Waals surface area contributed by atoms with Crippen molar-refractivity contribution >= 4 is 40.9 Å². The summed E-state index contributed by atoms with van der Waals surface area (Å²) in [6.45, 7) is 3.84. The van der Waals surface area contributed by atoms with Crippen LogP contribution in [0.1, 0.15) is 23.4 Å². The van der Waals surface area contributed by atoms with Crippen LogP contribution >= 0.6 is 23.4 Å². The Morgan fingerprint density at radius 3 is 2.30 bits per heavy atom. The van der Waals surface area contributed by atoms with E-state index >= 15 is 0 Å². The molecule has 8 heteroatoms. The molecule has 0 fully saturated rings. The second kappa shape index (κ2) is 9.71. The normalized spacial score (nSPS) is 10.6. The predicted molar refractivity (Wildman–Crippen MR) is 109 cm³/mol. The minimum absolute atomic E-state index is 0.0126. The van der Waals surface area contributed by atoms with Crippen molar-refractivity contribution in [3.63, 3.8) is 0 Å². The Bertz CT molecular complexity index is 804. The molecule has 1 aromatic heterocycles. The smallest absolute Gasteiger partial charge is 0.243 e. The molecule has 1 N–H and O–H groups in total. The van der Waals surface area contributed by atoms with Gasteiger partial charge >= 0.3 is 0 Å². The maximum Gasteiger partial charge on any atom is 0.243 e. The number of thioether (sulfide) groups is 1. The molecule has 0 saturated heterocycles. The molecule has 0 unspecified atom stereocenters. The number of nitrogens with zero attached hydrogens (tertiary/aromatic N) is 3. The number of hydrogen-bond acceptors (Lipinski definition) is 5. The fraction of sp³-hybridized carbons (Fsp3) is 0.368. The summed E-state index contributed by atoms with van der Waals surface area (Å²) < 4.78 is 0. The largest absolute Gasteiger partial charge is 0.336 e. The molecule has 144 valence electrons. The number of likely N-dealkylation sites (N-methyl/N-ethyl adjacent to an activating group) is 1. The zero-order valence-electron chi connectivity index (χ0n) is 15.9. The van der Waals surface area contributed by atoms with Gasteiger partial charge in [0, 0.05) is 35.6 Å². The van der Waals surface area contributed by atoms with Crippen LogP contribution in [0.15, 0.2) is 29.4 Å². The van der Waals surface area contributed by atoms with Crippen LogP contribution in [-0.4, -0.2) is 46.5 Å². The molecule has 27 heavy (non-hydrogen) atoms. The number of carbonyl (C=O) groups is 2. The van der Waals surface area contributed by atoms with Crippen molar-refractivity contribution in [1.82, 2.24) is 14.9 Å². The number of rotatable bonds is 7. The van der Waals surface area contributed by atoms with Gasteiger partial charge in [0.05, 0.1) is 6.54 Å². The van der Waals surface area contributed by atoms with Crippen LogP contribution in [0.5, 0.6) is 0 Å². The first-order valence-electron chi connectivity index (χ1n) is 8.47. The molecule has 0 radical (unpaired) electrons. The van der Waals surface area contributed by atoms with Gasteiger partial charge in [-0.2, -0.15) is 0 Å². The van der Waals surface area contributed by atoms with Gasteiger partial charge in [0.1, 0.15) is 0 Å². The SMILES string of the molecule is CSc1nc(C)c(CCC(=O)N(C)CC(=O)Nc2ccc(Cl)cc2)c(C)n1. The topological polar surface area (TPSA) is 75.2 Å². The minimum Gasteiger partial charge on any atom is -0.336 e. The predicted octanol–water partition coefficient (Wildman–Crippen LogP) is 3.50. The van der Waals surface area contributed by atoms with Crippen LogP contribution in [0.2, 0.25) is 5.02 Å². The molecule has 1 aromatic carbocycles. The van der Waals surface area contributed by atoms with Gasteiger partial charge in [-0.15, -0.1) is 0 Å². The van der Waals surface area contributed by atoms with Gasteiger partial charge in [0.15, 0.2) is 5.16 Å². The standard InChI is InChI=1S/C19H23ClN4O2S/c1-12-16(13(2)22-19(21-12)27-4)9-10-18(26)24(3)11-17(25)23-15-7-5-14(20)6-8-15/h5-8H,9-11H2,1-4H3,(H,23,25). The zero-order chi connectivity index (χ0) is 20.0. The van der Waals surface area contributed by atoms with Gasteiger partial charge in [-0.05, 0) is 56.4 Å². The lowest BCUT2D eigenvalue weighted by Gasteiger charge is -2.17. The number of carbonyl (C=O) groups excluding carboxylic acids is 2. The lowest BCUT2D eigenvalue weighted by molar-refractivity contribution is -0.133. The average molecular weight is 407 g/mol. The third-order valence-corrected chi connectivity index (χ3v) is 4.91. The fourth-order valence-electron chi connectivity index (χ4n) is 2.62. The second-order valence-electron chi connectivity index (χ2n) is 6.16. The quantitative estimate of drug-likeness (QED) is 0.562. The summed E-state index contributed by atoms with van der Waals surface area (Å²) in [5, 5.41) is 4.08.